The molecule has 7 heteroatoms. The molecule has 0 aromatic rings. The van der Waals surface area contributed by atoms with Gasteiger partial charge in [-0.3, -0.25) is 0 Å². The minimum Gasteiger partial charge on any atom is -0.374 e. The Labute approximate surface area is 124 Å². The third kappa shape index (κ3) is 8.31. The summed E-state index contributed by atoms with van der Waals surface area (Å²) >= 11 is 0. The SMILES string of the molecule is CCO[Si](CCCNCC(OC)OC)(OCC)OCC. The van der Waals surface area contributed by atoms with Gasteiger partial charge in [-0.25, -0.2) is 0 Å². The molecule has 0 saturated heterocycles. The second-order valence-corrected chi connectivity index (χ2v) is 6.92. The van der Waals surface area contributed by atoms with Crippen molar-refractivity contribution in [2.75, 3.05) is 47.1 Å². The van der Waals surface area contributed by atoms with Crippen LogP contribution in [0.25, 0.3) is 0 Å². The molecular formula is C13H31NO5Si. The van der Waals surface area contributed by atoms with Crippen LogP contribution in [-0.2, 0) is 22.8 Å². The molecule has 1 N–H and O–H groups in total. The first kappa shape index (κ1) is 20.0. The summed E-state index contributed by atoms with van der Waals surface area (Å²) in [6, 6.07) is 0.820. The molecule has 0 bridgehead atoms. The molecule has 0 aromatic carbocycles. The zero-order valence-corrected chi connectivity index (χ0v) is 14.6. The van der Waals surface area contributed by atoms with Crippen molar-refractivity contribution >= 4 is 8.80 Å². The molecule has 122 valence electrons. The van der Waals surface area contributed by atoms with Crippen molar-refractivity contribution in [3.05, 3.63) is 0 Å². The van der Waals surface area contributed by atoms with Crippen molar-refractivity contribution in [1.82, 2.24) is 5.32 Å². The van der Waals surface area contributed by atoms with Crippen LogP contribution < -0.4 is 5.32 Å². The summed E-state index contributed by atoms with van der Waals surface area (Å²) in [5.41, 5.74) is 0. The Kier molecular flexibility index (Phi) is 12.7. The van der Waals surface area contributed by atoms with Crippen molar-refractivity contribution in [3.8, 4) is 0 Å². The summed E-state index contributed by atoms with van der Waals surface area (Å²) in [6.07, 6.45) is 0.731. The molecule has 0 aliphatic heterocycles. The van der Waals surface area contributed by atoms with Gasteiger partial charge in [-0.2, -0.15) is 0 Å². The van der Waals surface area contributed by atoms with Gasteiger partial charge in [-0.15, -0.1) is 0 Å². The predicted molar refractivity (Wildman–Crippen MR) is 80.7 cm³/mol. The molecule has 0 aliphatic carbocycles. The maximum Gasteiger partial charge on any atom is 0.500 e. The number of methoxy groups -OCH3 is 2. The highest BCUT2D eigenvalue weighted by Gasteiger charge is 2.39. The predicted octanol–water partition coefficient (Wildman–Crippen LogP) is 1.63. The van der Waals surface area contributed by atoms with Crippen LogP contribution in [0.2, 0.25) is 6.04 Å². The van der Waals surface area contributed by atoms with Crippen LogP contribution in [0.15, 0.2) is 0 Å². The van der Waals surface area contributed by atoms with Crippen LogP contribution in [-0.4, -0.2) is 62.2 Å². The average Bonchev–Trinajstić information content (AvgIpc) is 2.44. The minimum absolute atomic E-state index is 0.206. The number of rotatable bonds is 14. The van der Waals surface area contributed by atoms with E-state index in [9.17, 15) is 0 Å². The molecule has 20 heavy (non-hydrogen) atoms. The second kappa shape index (κ2) is 12.7. The maximum absolute atomic E-state index is 5.80. The van der Waals surface area contributed by atoms with Crippen LogP contribution >= 0.6 is 0 Å². The Morgan fingerprint density at radius 1 is 0.900 bits per heavy atom. The molecule has 0 radical (unpaired) electrons. The zero-order valence-electron chi connectivity index (χ0n) is 13.6. The molecule has 0 heterocycles. The molecule has 0 unspecified atom stereocenters. The van der Waals surface area contributed by atoms with E-state index in [4.69, 9.17) is 22.8 Å². The molecule has 0 saturated carbocycles. The lowest BCUT2D eigenvalue weighted by molar-refractivity contribution is -0.0986. The molecule has 0 fully saturated rings. The van der Waals surface area contributed by atoms with E-state index in [1.54, 1.807) is 14.2 Å². The normalized spacial score (nSPS) is 12.3. The van der Waals surface area contributed by atoms with E-state index in [0.717, 1.165) is 19.0 Å². The smallest absolute Gasteiger partial charge is 0.374 e. The maximum atomic E-state index is 5.80. The Morgan fingerprint density at radius 2 is 1.40 bits per heavy atom. The third-order valence-electron chi connectivity index (χ3n) is 2.77. The Bertz CT molecular complexity index is 200. The highest BCUT2D eigenvalue weighted by Crippen LogP contribution is 2.17. The van der Waals surface area contributed by atoms with Crippen LogP contribution in [0.3, 0.4) is 0 Å². The van der Waals surface area contributed by atoms with E-state index in [1.807, 2.05) is 20.8 Å². The lowest BCUT2D eigenvalue weighted by Crippen LogP contribution is -2.46. The molecule has 0 amide bonds. The number of nitrogens with one attached hydrogen (secondary N) is 1. The van der Waals surface area contributed by atoms with Crippen LogP contribution in [0.5, 0.6) is 0 Å². The minimum atomic E-state index is -2.49. The number of ether oxygens (including phenoxy) is 2. The number of hydrogen-bond donors (Lipinski definition) is 1. The Hall–Kier alpha value is -0.0231. The summed E-state index contributed by atoms with van der Waals surface area (Å²) in [5, 5.41) is 3.29. The first-order valence-corrected chi connectivity index (χ1v) is 9.29. The first-order chi connectivity index (χ1) is 9.67. The van der Waals surface area contributed by atoms with Gasteiger partial charge in [0.15, 0.2) is 6.29 Å². The number of hydrogen-bond acceptors (Lipinski definition) is 6. The van der Waals surface area contributed by atoms with Crippen LogP contribution in [0, 0.1) is 0 Å². The summed E-state index contributed by atoms with van der Waals surface area (Å²) in [5.74, 6) is 0. The lowest BCUT2D eigenvalue weighted by atomic mass is 10.4. The van der Waals surface area contributed by atoms with Crippen molar-refractivity contribution in [3.63, 3.8) is 0 Å². The van der Waals surface area contributed by atoms with Gasteiger partial charge in [0.25, 0.3) is 0 Å². The Morgan fingerprint density at radius 3 is 1.80 bits per heavy atom. The summed E-state index contributed by atoms with van der Waals surface area (Å²) in [4.78, 5) is 0. The van der Waals surface area contributed by atoms with Crippen molar-refractivity contribution in [1.29, 1.82) is 0 Å². The molecule has 0 aromatic heterocycles. The summed E-state index contributed by atoms with van der Waals surface area (Å²) in [6.45, 7) is 9.29. The first-order valence-electron chi connectivity index (χ1n) is 7.36. The van der Waals surface area contributed by atoms with E-state index in [0.29, 0.717) is 26.4 Å². The van der Waals surface area contributed by atoms with Crippen molar-refractivity contribution in [2.24, 2.45) is 0 Å². The van der Waals surface area contributed by atoms with Gasteiger partial charge in [0.1, 0.15) is 0 Å². The average molecular weight is 309 g/mol. The van der Waals surface area contributed by atoms with Gasteiger partial charge in [0.05, 0.1) is 0 Å². The van der Waals surface area contributed by atoms with Crippen LogP contribution in [0.1, 0.15) is 27.2 Å². The lowest BCUT2D eigenvalue weighted by Gasteiger charge is -2.28. The van der Waals surface area contributed by atoms with Gasteiger partial charge in [-0.05, 0) is 33.7 Å². The third-order valence-corrected chi connectivity index (χ3v) is 5.92. The molecule has 0 rings (SSSR count). The fourth-order valence-corrected chi connectivity index (χ4v) is 4.53. The molecule has 0 spiro atoms. The van der Waals surface area contributed by atoms with E-state index in [-0.39, 0.29) is 6.29 Å². The van der Waals surface area contributed by atoms with Crippen molar-refractivity contribution in [2.45, 2.75) is 39.5 Å². The van der Waals surface area contributed by atoms with Crippen LogP contribution in [0.4, 0.5) is 0 Å². The summed E-state index contributed by atoms with van der Waals surface area (Å²) in [7, 11) is 0.772. The highest BCUT2D eigenvalue weighted by molar-refractivity contribution is 6.60. The van der Waals surface area contributed by atoms with E-state index in [1.165, 1.54) is 0 Å². The molecule has 6 nitrogen and oxygen atoms in total. The quantitative estimate of drug-likeness (QED) is 0.299. The zero-order chi connectivity index (χ0) is 15.3. The molecule has 0 atom stereocenters. The molecule has 0 aliphatic rings. The fraction of sp³-hybridized carbons (Fsp3) is 1.00. The van der Waals surface area contributed by atoms with E-state index in [2.05, 4.69) is 5.32 Å². The fourth-order valence-electron chi connectivity index (χ4n) is 1.91. The van der Waals surface area contributed by atoms with Gasteiger partial charge in [0, 0.05) is 46.6 Å². The van der Waals surface area contributed by atoms with E-state index < -0.39 is 8.80 Å². The summed E-state index contributed by atoms with van der Waals surface area (Å²) < 4.78 is 27.6. The van der Waals surface area contributed by atoms with Crippen molar-refractivity contribution < 1.29 is 22.8 Å². The van der Waals surface area contributed by atoms with E-state index >= 15 is 0 Å². The van der Waals surface area contributed by atoms with Gasteiger partial charge >= 0.3 is 8.80 Å². The second-order valence-electron chi connectivity index (χ2n) is 4.19. The van der Waals surface area contributed by atoms with Gasteiger partial charge in [-0.1, -0.05) is 0 Å². The largest absolute Gasteiger partial charge is 0.500 e. The standard InChI is InChI=1S/C13H31NO5Si/c1-6-17-20(18-7-2,19-8-3)11-9-10-14-12-13(15-4)16-5/h13-14H,6-12H2,1-5H3. The molecular weight excluding hydrogens is 278 g/mol. The topological polar surface area (TPSA) is 58.2 Å². The monoisotopic (exact) mass is 309 g/mol. The highest BCUT2D eigenvalue weighted by atomic mass is 28.4. The van der Waals surface area contributed by atoms with Gasteiger partial charge < -0.3 is 28.1 Å². The Balaban J connectivity index is 4.05. The van der Waals surface area contributed by atoms with Gasteiger partial charge in [0.2, 0.25) is 0 Å².